The van der Waals surface area contributed by atoms with E-state index in [1.54, 1.807) is 6.20 Å². The van der Waals surface area contributed by atoms with Gasteiger partial charge in [0.15, 0.2) is 0 Å². The lowest BCUT2D eigenvalue weighted by Gasteiger charge is -2.10. The Balaban J connectivity index is 1.91. The molecule has 2 rings (SSSR count). The molecule has 0 fully saturated rings. The number of nitrogens with zero attached hydrogens (tertiary/aromatic N) is 3. The van der Waals surface area contributed by atoms with Crippen LogP contribution in [0.4, 0.5) is 11.6 Å². The van der Waals surface area contributed by atoms with E-state index in [0.717, 1.165) is 36.0 Å². The van der Waals surface area contributed by atoms with Crippen LogP contribution in [0.1, 0.15) is 37.6 Å². The predicted octanol–water partition coefficient (Wildman–Crippen LogP) is 3.39. The van der Waals surface area contributed by atoms with Crippen molar-refractivity contribution in [2.24, 2.45) is 0 Å². The molecule has 0 aliphatic carbocycles. The molecule has 0 saturated carbocycles. The van der Waals surface area contributed by atoms with Gasteiger partial charge in [0.2, 0.25) is 0 Å². The summed E-state index contributed by atoms with van der Waals surface area (Å²) in [6.07, 6.45) is 7.26. The second-order valence-electron chi connectivity index (χ2n) is 5.03. The van der Waals surface area contributed by atoms with Crippen LogP contribution in [0.5, 0.6) is 0 Å². The number of unbranched alkanes of at least 4 members (excludes halogenated alkanes) is 2. The van der Waals surface area contributed by atoms with Gasteiger partial charge in [-0.1, -0.05) is 25.8 Å². The molecule has 0 radical (unpaired) electrons. The summed E-state index contributed by atoms with van der Waals surface area (Å²) >= 11 is 0. The zero-order valence-corrected chi connectivity index (χ0v) is 12.8. The van der Waals surface area contributed by atoms with Crippen LogP contribution in [0, 0.1) is 6.92 Å². The van der Waals surface area contributed by atoms with Crippen molar-refractivity contribution in [3.8, 4) is 0 Å². The van der Waals surface area contributed by atoms with Gasteiger partial charge in [0.25, 0.3) is 0 Å². The Morgan fingerprint density at radius 3 is 2.62 bits per heavy atom. The van der Waals surface area contributed by atoms with Crippen molar-refractivity contribution in [3.05, 3.63) is 42.0 Å². The van der Waals surface area contributed by atoms with Gasteiger partial charge in [0.1, 0.15) is 17.5 Å². The van der Waals surface area contributed by atoms with Gasteiger partial charge in [-0.2, -0.15) is 0 Å². The monoisotopic (exact) mass is 285 g/mol. The lowest BCUT2D eigenvalue weighted by molar-refractivity contribution is 0.742. The van der Waals surface area contributed by atoms with E-state index in [9.17, 15) is 0 Å². The molecule has 0 amide bonds. The third kappa shape index (κ3) is 5.38. The number of pyridine rings is 1. The van der Waals surface area contributed by atoms with Crippen LogP contribution >= 0.6 is 0 Å². The van der Waals surface area contributed by atoms with Crippen LogP contribution in [0.2, 0.25) is 0 Å². The molecule has 2 N–H and O–H groups in total. The highest BCUT2D eigenvalue weighted by Gasteiger charge is 2.02. The minimum absolute atomic E-state index is 0.708. The topological polar surface area (TPSA) is 62.7 Å². The van der Waals surface area contributed by atoms with Crippen LogP contribution in [-0.2, 0) is 6.54 Å². The lowest BCUT2D eigenvalue weighted by atomic mass is 10.2. The first-order chi connectivity index (χ1) is 10.3. The minimum atomic E-state index is 0.708. The molecule has 0 aromatic carbocycles. The number of nitrogens with one attached hydrogen (secondary N) is 2. The quantitative estimate of drug-likeness (QED) is 0.728. The first-order valence-electron chi connectivity index (χ1n) is 7.50. The Morgan fingerprint density at radius 2 is 1.90 bits per heavy atom. The van der Waals surface area contributed by atoms with Gasteiger partial charge in [0.05, 0.1) is 0 Å². The molecule has 0 saturated heterocycles. The number of hydrogen-bond donors (Lipinski definition) is 2. The summed E-state index contributed by atoms with van der Waals surface area (Å²) in [4.78, 5) is 12.9. The lowest BCUT2D eigenvalue weighted by Crippen LogP contribution is -2.08. The van der Waals surface area contributed by atoms with Gasteiger partial charge < -0.3 is 10.6 Å². The molecule has 112 valence electrons. The van der Waals surface area contributed by atoms with Crippen LogP contribution < -0.4 is 10.6 Å². The summed E-state index contributed by atoms with van der Waals surface area (Å²) in [5, 5.41) is 6.67. The Morgan fingerprint density at radius 1 is 1.10 bits per heavy atom. The molecule has 2 heterocycles. The molecular formula is C16H23N5. The van der Waals surface area contributed by atoms with Gasteiger partial charge in [-0.3, -0.25) is 4.98 Å². The van der Waals surface area contributed by atoms with Crippen LogP contribution in [0.15, 0.2) is 30.6 Å². The minimum Gasteiger partial charge on any atom is -0.370 e. The van der Waals surface area contributed by atoms with Crippen LogP contribution in [0.25, 0.3) is 0 Å². The van der Waals surface area contributed by atoms with Gasteiger partial charge >= 0.3 is 0 Å². The summed E-state index contributed by atoms with van der Waals surface area (Å²) in [5.41, 5.74) is 1.13. The van der Waals surface area contributed by atoms with Gasteiger partial charge in [-0.05, 0) is 25.0 Å². The number of aromatic nitrogens is 3. The average Bonchev–Trinajstić information content (AvgIpc) is 2.50. The summed E-state index contributed by atoms with van der Waals surface area (Å²) in [6.45, 7) is 5.77. The predicted molar refractivity (Wildman–Crippen MR) is 86.3 cm³/mol. The molecular weight excluding hydrogens is 262 g/mol. The second-order valence-corrected chi connectivity index (χ2v) is 5.03. The standard InChI is InChI=1S/C16H23N5/c1-3-4-5-9-18-15-10-16(21-13(2)20-15)19-12-14-7-6-8-17-11-14/h6-8,10-11H,3-5,9,12H2,1-2H3,(H2,18,19,20,21). The number of rotatable bonds is 8. The average molecular weight is 285 g/mol. The largest absolute Gasteiger partial charge is 0.370 e. The van der Waals surface area contributed by atoms with Gasteiger partial charge in [0, 0.05) is 31.5 Å². The molecule has 0 spiro atoms. The van der Waals surface area contributed by atoms with Crippen molar-refractivity contribution in [2.75, 3.05) is 17.2 Å². The van der Waals surface area contributed by atoms with Gasteiger partial charge in [-0.15, -0.1) is 0 Å². The molecule has 0 unspecified atom stereocenters. The molecule has 5 heteroatoms. The summed E-state index contributed by atoms with van der Waals surface area (Å²) in [6, 6.07) is 5.93. The maximum Gasteiger partial charge on any atom is 0.132 e. The smallest absolute Gasteiger partial charge is 0.132 e. The maximum atomic E-state index is 4.41. The Labute approximate surface area is 126 Å². The second kappa shape index (κ2) is 8.19. The van der Waals surface area contributed by atoms with Crippen molar-refractivity contribution < 1.29 is 0 Å². The van der Waals surface area contributed by atoms with E-state index >= 15 is 0 Å². The summed E-state index contributed by atoms with van der Waals surface area (Å²) in [5.74, 6) is 2.49. The SMILES string of the molecule is CCCCCNc1cc(NCc2cccnc2)nc(C)n1. The van der Waals surface area contributed by atoms with E-state index in [1.165, 1.54) is 12.8 Å². The fraction of sp³-hybridized carbons (Fsp3) is 0.438. The van der Waals surface area contributed by atoms with Crippen LogP contribution in [0.3, 0.4) is 0 Å². The molecule has 21 heavy (non-hydrogen) atoms. The highest BCUT2D eigenvalue weighted by atomic mass is 15.1. The highest BCUT2D eigenvalue weighted by molar-refractivity contribution is 5.47. The first kappa shape index (κ1) is 15.2. The number of anilines is 2. The maximum absolute atomic E-state index is 4.41. The molecule has 2 aromatic heterocycles. The van der Waals surface area contributed by atoms with E-state index in [-0.39, 0.29) is 0 Å². The van der Waals surface area contributed by atoms with E-state index in [1.807, 2.05) is 31.3 Å². The third-order valence-electron chi connectivity index (χ3n) is 3.12. The van der Waals surface area contributed by atoms with Crippen molar-refractivity contribution in [3.63, 3.8) is 0 Å². The number of aryl methyl sites for hydroxylation is 1. The van der Waals surface area contributed by atoms with Crippen molar-refractivity contribution in [1.82, 2.24) is 15.0 Å². The van der Waals surface area contributed by atoms with Gasteiger partial charge in [-0.25, -0.2) is 9.97 Å². The molecule has 2 aromatic rings. The summed E-state index contributed by atoms with van der Waals surface area (Å²) < 4.78 is 0. The molecule has 0 bridgehead atoms. The normalized spacial score (nSPS) is 10.4. The zero-order chi connectivity index (χ0) is 14.9. The first-order valence-corrected chi connectivity index (χ1v) is 7.50. The zero-order valence-electron chi connectivity index (χ0n) is 12.8. The Kier molecular flexibility index (Phi) is 5.94. The van der Waals surface area contributed by atoms with Crippen molar-refractivity contribution >= 4 is 11.6 Å². The number of hydrogen-bond acceptors (Lipinski definition) is 5. The third-order valence-corrected chi connectivity index (χ3v) is 3.12. The Bertz CT molecular complexity index is 542. The molecule has 0 atom stereocenters. The molecule has 0 aliphatic heterocycles. The molecule has 0 aliphatic rings. The summed E-state index contributed by atoms with van der Waals surface area (Å²) in [7, 11) is 0. The van der Waals surface area contributed by atoms with E-state index in [4.69, 9.17) is 0 Å². The van der Waals surface area contributed by atoms with E-state index < -0.39 is 0 Å². The van der Waals surface area contributed by atoms with E-state index in [2.05, 4.69) is 32.5 Å². The molecule has 5 nitrogen and oxygen atoms in total. The van der Waals surface area contributed by atoms with Crippen molar-refractivity contribution in [1.29, 1.82) is 0 Å². The fourth-order valence-electron chi connectivity index (χ4n) is 2.04. The Hall–Kier alpha value is -2.17. The fourth-order valence-corrected chi connectivity index (χ4v) is 2.04. The highest BCUT2D eigenvalue weighted by Crippen LogP contribution is 2.12. The van der Waals surface area contributed by atoms with E-state index in [0.29, 0.717) is 6.54 Å². The van der Waals surface area contributed by atoms with Crippen LogP contribution in [-0.4, -0.2) is 21.5 Å². The van der Waals surface area contributed by atoms with Crippen molar-refractivity contribution in [2.45, 2.75) is 39.7 Å².